The molecule has 2 fully saturated rings. The maximum Gasteiger partial charge on any atom is 0.213 e. The molecular formula is C28H32N6O2. The van der Waals surface area contributed by atoms with Gasteiger partial charge in [0, 0.05) is 75.0 Å². The van der Waals surface area contributed by atoms with Crippen molar-refractivity contribution in [3.05, 3.63) is 72.2 Å². The minimum Gasteiger partial charge on any atom is -0.477 e. The van der Waals surface area contributed by atoms with Gasteiger partial charge in [0.05, 0.1) is 12.0 Å². The second-order valence-corrected chi connectivity index (χ2v) is 9.90. The van der Waals surface area contributed by atoms with Gasteiger partial charge in [-0.3, -0.25) is 9.88 Å². The third-order valence-corrected chi connectivity index (χ3v) is 7.43. The molecule has 2 aliphatic rings. The lowest BCUT2D eigenvalue weighted by molar-refractivity contribution is 0.0717. The number of benzene rings is 1. The summed E-state index contributed by atoms with van der Waals surface area (Å²) in [6, 6.07) is 14.7. The molecule has 36 heavy (non-hydrogen) atoms. The number of aryl methyl sites for hydroxylation is 1. The van der Waals surface area contributed by atoms with Crippen LogP contribution in [0.5, 0.6) is 5.88 Å². The molecule has 2 saturated heterocycles. The number of hydrogen-bond donors (Lipinski definition) is 1. The van der Waals surface area contributed by atoms with E-state index in [1.807, 2.05) is 42.7 Å². The summed E-state index contributed by atoms with van der Waals surface area (Å²) in [5, 5.41) is 8.92. The van der Waals surface area contributed by atoms with E-state index >= 15 is 0 Å². The predicted octanol–water partition coefficient (Wildman–Crippen LogP) is 4.52. The average Bonchev–Trinajstić information content (AvgIpc) is 3.36. The lowest BCUT2D eigenvalue weighted by atomic mass is 9.91. The van der Waals surface area contributed by atoms with Crippen molar-refractivity contribution in [1.82, 2.24) is 20.0 Å². The van der Waals surface area contributed by atoms with Crippen LogP contribution < -0.4 is 15.0 Å². The van der Waals surface area contributed by atoms with Crippen molar-refractivity contribution in [2.75, 3.05) is 43.0 Å². The van der Waals surface area contributed by atoms with E-state index < -0.39 is 0 Å². The van der Waals surface area contributed by atoms with Crippen molar-refractivity contribution in [3.63, 3.8) is 0 Å². The van der Waals surface area contributed by atoms with Crippen molar-refractivity contribution in [3.8, 4) is 5.88 Å². The fraction of sp³-hybridized carbons (Fsp3) is 0.393. The van der Waals surface area contributed by atoms with Crippen LogP contribution in [-0.2, 0) is 6.54 Å². The Morgan fingerprint density at radius 1 is 1.06 bits per heavy atom. The van der Waals surface area contributed by atoms with E-state index in [2.05, 4.69) is 49.3 Å². The Labute approximate surface area is 211 Å². The number of aromatic nitrogens is 3. The van der Waals surface area contributed by atoms with Crippen LogP contribution in [0.4, 0.5) is 11.5 Å². The highest BCUT2D eigenvalue weighted by Gasteiger charge is 2.34. The van der Waals surface area contributed by atoms with Crippen LogP contribution in [0.2, 0.25) is 0 Å². The quantitative estimate of drug-likeness (QED) is 0.410. The van der Waals surface area contributed by atoms with E-state index in [0.717, 1.165) is 66.3 Å². The largest absolute Gasteiger partial charge is 0.477 e. The SMILES string of the molecule is Cc1cnccc1NCc1ccc(OCC2CCC3CN(c4noc5ccccc45)CCN3C2)nc1. The van der Waals surface area contributed by atoms with Crippen molar-refractivity contribution >= 4 is 22.5 Å². The van der Waals surface area contributed by atoms with E-state index in [9.17, 15) is 0 Å². The molecule has 8 nitrogen and oxygen atoms in total. The van der Waals surface area contributed by atoms with Crippen molar-refractivity contribution < 1.29 is 9.26 Å². The van der Waals surface area contributed by atoms with Crippen LogP contribution in [-0.4, -0.2) is 58.9 Å². The zero-order chi connectivity index (χ0) is 24.3. The summed E-state index contributed by atoms with van der Waals surface area (Å²) >= 11 is 0. The Bertz CT molecular complexity index is 1310. The molecule has 1 N–H and O–H groups in total. The zero-order valence-corrected chi connectivity index (χ0v) is 20.6. The highest BCUT2D eigenvalue weighted by molar-refractivity contribution is 5.88. The standard InChI is InChI=1S/C28H32N6O2/c1-20-14-29-11-10-25(20)30-15-21-7-9-27(31-16-21)35-19-22-6-8-23-18-34(13-12-33(23)17-22)28-24-4-2-3-5-26(24)36-32-28/h2-5,7,9-11,14,16,22-23H,6,8,12-13,15,17-19H2,1H3,(H,29,30). The zero-order valence-electron chi connectivity index (χ0n) is 20.6. The summed E-state index contributed by atoms with van der Waals surface area (Å²) in [7, 11) is 0. The lowest BCUT2D eigenvalue weighted by Crippen LogP contribution is -2.57. The highest BCUT2D eigenvalue weighted by Crippen LogP contribution is 2.31. The van der Waals surface area contributed by atoms with Gasteiger partial charge in [-0.1, -0.05) is 23.4 Å². The number of piperazine rings is 1. The van der Waals surface area contributed by atoms with Crippen molar-refractivity contribution in [2.45, 2.75) is 32.4 Å². The third-order valence-electron chi connectivity index (χ3n) is 7.43. The Balaban J connectivity index is 0.980. The molecule has 2 unspecified atom stereocenters. The Hall–Kier alpha value is -3.65. The lowest BCUT2D eigenvalue weighted by Gasteiger charge is -2.46. The summed E-state index contributed by atoms with van der Waals surface area (Å²) in [5.41, 5.74) is 4.21. The van der Waals surface area contributed by atoms with E-state index in [1.54, 1.807) is 6.20 Å². The highest BCUT2D eigenvalue weighted by atomic mass is 16.5. The molecule has 2 aliphatic heterocycles. The van der Waals surface area contributed by atoms with Gasteiger partial charge >= 0.3 is 0 Å². The van der Waals surface area contributed by atoms with Gasteiger partial charge in [0.25, 0.3) is 0 Å². The molecule has 0 spiro atoms. The second kappa shape index (κ2) is 10.1. The van der Waals surface area contributed by atoms with Gasteiger partial charge in [0.15, 0.2) is 11.4 Å². The molecule has 0 saturated carbocycles. The summed E-state index contributed by atoms with van der Waals surface area (Å²) in [6.07, 6.45) is 7.90. The molecule has 2 atom stereocenters. The van der Waals surface area contributed by atoms with Crippen LogP contribution in [0.3, 0.4) is 0 Å². The van der Waals surface area contributed by atoms with Gasteiger partial charge in [0.1, 0.15) is 0 Å². The predicted molar refractivity (Wildman–Crippen MR) is 140 cm³/mol. The number of hydrogen-bond acceptors (Lipinski definition) is 8. The molecule has 5 heterocycles. The first-order chi connectivity index (χ1) is 17.7. The van der Waals surface area contributed by atoms with Crippen LogP contribution in [0, 0.1) is 12.8 Å². The number of rotatable bonds is 7. The minimum absolute atomic E-state index is 0.526. The maximum absolute atomic E-state index is 6.09. The van der Waals surface area contributed by atoms with E-state index in [4.69, 9.17) is 9.26 Å². The number of para-hydroxylation sites is 1. The first-order valence-corrected chi connectivity index (χ1v) is 12.8. The molecule has 0 bridgehead atoms. The molecule has 3 aromatic heterocycles. The second-order valence-electron chi connectivity index (χ2n) is 9.90. The fourth-order valence-electron chi connectivity index (χ4n) is 5.36. The Morgan fingerprint density at radius 3 is 2.89 bits per heavy atom. The van der Waals surface area contributed by atoms with Crippen molar-refractivity contribution in [2.24, 2.45) is 5.92 Å². The summed E-state index contributed by atoms with van der Waals surface area (Å²) in [4.78, 5) is 13.7. The molecule has 186 valence electrons. The number of nitrogens with one attached hydrogen (secondary N) is 1. The molecular weight excluding hydrogens is 452 g/mol. The Morgan fingerprint density at radius 2 is 2.00 bits per heavy atom. The van der Waals surface area contributed by atoms with E-state index in [0.29, 0.717) is 24.4 Å². The monoisotopic (exact) mass is 484 g/mol. The molecule has 4 aromatic rings. The molecule has 6 rings (SSSR count). The minimum atomic E-state index is 0.526. The number of pyridine rings is 2. The number of anilines is 2. The van der Waals surface area contributed by atoms with Crippen LogP contribution in [0.15, 0.2) is 65.6 Å². The normalized spacial score (nSPS) is 20.3. The first kappa shape index (κ1) is 22.8. The van der Waals surface area contributed by atoms with Gasteiger partial charge in [0.2, 0.25) is 5.88 Å². The van der Waals surface area contributed by atoms with Crippen molar-refractivity contribution in [1.29, 1.82) is 0 Å². The summed E-state index contributed by atoms with van der Waals surface area (Å²) in [6.45, 7) is 7.57. The Kier molecular flexibility index (Phi) is 6.42. The maximum atomic E-state index is 6.09. The third kappa shape index (κ3) is 4.86. The smallest absolute Gasteiger partial charge is 0.213 e. The summed E-state index contributed by atoms with van der Waals surface area (Å²) < 4.78 is 11.6. The van der Waals surface area contributed by atoms with Gasteiger partial charge in [-0.15, -0.1) is 0 Å². The summed E-state index contributed by atoms with van der Waals surface area (Å²) in [5.74, 6) is 2.21. The average molecular weight is 485 g/mol. The molecule has 0 aliphatic carbocycles. The molecule has 1 aromatic carbocycles. The molecule has 0 amide bonds. The van der Waals surface area contributed by atoms with Crippen LogP contribution >= 0.6 is 0 Å². The van der Waals surface area contributed by atoms with Gasteiger partial charge in [-0.25, -0.2) is 4.98 Å². The molecule has 8 heteroatoms. The van der Waals surface area contributed by atoms with Crippen LogP contribution in [0.1, 0.15) is 24.0 Å². The van der Waals surface area contributed by atoms with Gasteiger partial charge in [-0.05, 0) is 49.1 Å². The van der Waals surface area contributed by atoms with Crippen LogP contribution in [0.25, 0.3) is 11.0 Å². The fourth-order valence-corrected chi connectivity index (χ4v) is 5.36. The van der Waals surface area contributed by atoms with E-state index in [1.165, 1.54) is 12.8 Å². The van der Waals surface area contributed by atoms with Gasteiger partial charge in [-0.2, -0.15) is 0 Å². The topological polar surface area (TPSA) is 79.6 Å². The van der Waals surface area contributed by atoms with Gasteiger partial charge < -0.3 is 19.5 Å². The number of nitrogens with zero attached hydrogens (tertiary/aromatic N) is 5. The number of ether oxygens (including phenoxy) is 1. The number of piperidine rings is 1. The molecule has 0 radical (unpaired) electrons. The first-order valence-electron chi connectivity index (χ1n) is 12.8. The number of fused-ring (bicyclic) bond motifs is 2. The van der Waals surface area contributed by atoms with E-state index in [-0.39, 0.29) is 0 Å².